The highest BCUT2D eigenvalue weighted by molar-refractivity contribution is 6.36. The van der Waals surface area contributed by atoms with Crippen LogP contribution in [0, 0.1) is 0 Å². The molecule has 0 aliphatic rings. The van der Waals surface area contributed by atoms with Crippen LogP contribution in [0.1, 0.15) is 26.2 Å². The fraction of sp³-hybridized carbons (Fsp3) is 0.667. The van der Waals surface area contributed by atoms with Gasteiger partial charge in [0, 0.05) is 6.42 Å². The van der Waals surface area contributed by atoms with E-state index in [9.17, 15) is 14.4 Å². The fourth-order valence-electron chi connectivity index (χ4n) is 0.875. The molecule has 0 heterocycles. The van der Waals surface area contributed by atoms with Crippen LogP contribution in [-0.4, -0.2) is 40.5 Å². The Bertz CT molecular complexity index is 251. The number of rotatable bonds is 7. The van der Waals surface area contributed by atoms with E-state index in [4.69, 9.17) is 10.2 Å². The molecule has 0 bridgehead atoms. The van der Waals surface area contributed by atoms with Gasteiger partial charge in [-0.05, 0) is 6.42 Å². The van der Waals surface area contributed by atoms with Crippen LogP contribution in [0.3, 0.4) is 0 Å². The van der Waals surface area contributed by atoms with E-state index < -0.39 is 30.3 Å². The Kier molecular flexibility index (Phi) is 6.28. The molecule has 0 aliphatic heterocycles. The summed E-state index contributed by atoms with van der Waals surface area (Å²) in [5, 5.41) is 19.0. The van der Waals surface area contributed by atoms with Gasteiger partial charge in [0.05, 0.1) is 6.61 Å². The molecule has 0 aliphatic carbocycles. The van der Waals surface area contributed by atoms with Crippen LogP contribution in [0.4, 0.5) is 0 Å². The molecule has 6 nitrogen and oxygen atoms in total. The van der Waals surface area contributed by atoms with Crippen molar-refractivity contribution in [2.75, 3.05) is 6.61 Å². The average Bonchev–Trinajstić information content (AvgIpc) is 2.21. The first-order chi connectivity index (χ1) is 7.02. The maximum absolute atomic E-state index is 11.1. The van der Waals surface area contributed by atoms with Crippen LogP contribution in [0.25, 0.3) is 0 Å². The molecule has 1 atom stereocenters. The molecule has 86 valence electrons. The van der Waals surface area contributed by atoms with Crippen molar-refractivity contribution in [3.05, 3.63) is 0 Å². The van der Waals surface area contributed by atoms with Gasteiger partial charge in [0.1, 0.15) is 0 Å². The number of ketones is 1. The lowest BCUT2D eigenvalue weighted by Gasteiger charge is -2.10. The van der Waals surface area contributed by atoms with E-state index in [0.717, 1.165) is 6.42 Å². The number of hydrogen-bond acceptors (Lipinski definition) is 4. The molecule has 1 unspecified atom stereocenters. The van der Waals surface area contributed by atoms with Crippen molar-refractivity contribution < 1.29 is 24.6 Å². The second-order valence-electron chi connectivity index (χ2n) is 3.07. The van der Waals surface area contributed by atoms with Crippen molar-refractivity contribution in [3.8, 4) is 0 Å². The summed E-state index contributed by atoms with van der Waals surface area (Å²) >= 11 is 0. The standard InChI is InChI=1S/C9H15NO5/c1-2-3-4-7(12)8(13)10-6(5-11)9(14)15/h6,11H,2-5H2,1H3,(H,10,13)(H,14,15). The van der Waals surface area contributed by atoms with E-state index in [1.165, 1.54) is 0 Å². The Hall–Kier alpha value is -1.43. The van der Waals surface area contributed by atoms with Crippen molar-refractivity contribution in [2.45, 2.75) is 32.2 Å². The fourth-order valence-corrected chi connectivity index (χ4v) is 0.875. The molecule has 15 heavy (non-hydrogen) atoms. The molecule has 1 amide bonds. The molecular weight excluding hydrogens is 202 g/mol. The van der Waals surface area contributed by atoms with Gasteiger partial charge in [0.25, 0.3) is 5.91 Å². The molecular formula is C9H15NO5. The van der Waals surface area contributed by atoms with Crippen molar-refractivity contribution in [1.82, 2.24) is 5.32 Å². The number of carboxylic acid groups (broad SMARTS) is 1. The number of nitrogens with one attached hydrogen (secondary N) is 1. The van der Waals surface area contributed by atoms with Crippen LogP contribution in [-0.2, 0) is 14.4 Å². The predicted molar refractivity (Wildman–Crippen MR) is 51.2 cm³/mol. The maximum Gasteiger partial charge on any atom is 0.328 e. The van der Waals surface area contributed by atoms with Gasteiger partial charge in [-0.15, -0.1) is 0 Å². The summed E-state index contributed by atoms with van der Waals surface area (Å²) in [4.78, 5) is 32.6. The van der Waals surface area contributed by atoms with Crippen LogP contribution < -0.4 is 5.32 Å². The predicted octanol–water partition coefficient (Wildman–Crippen LogP) is -0.693. The third-order valence-corrected chi connectivity index (χ3v) is 1.80. The molecule has 0 aromatic rings. The highest BCUT2D eigenvalue weighted by Crippen LogP contribution is 1.95. The molecule has 0 spiro atoms. The zero-order valence-electron chi connectivity index (χ0n) is 8.52. The molecule has 0 saturated carbocycles. The van der Waals surface area contributed by atoms with Gasteiger partial charge in [-0.25, -0.2) is 4.79 Å². The Morgan fingerprint density at radius 3 is 2.33 bits per heavy atom. The minimum Gasteiger partial charge on any atom is -0.480 e. The monoisotopic (exact) mass is 217 g/mol. The Labute approximate surface area is 87.3 Å². The first kappa shape index (κ1) is 13.6. The number of aliphatic hydroxyl groups excluding tert-OH is 1. The lowest BCUT2D eigenvalue weighted by atomic mass is 10.1. The number of amides is 1. The zero-order chi connectivity index (χ0) is 11.8. The third-order valence-electron chi connectivity index (χ3n) is 1.80. The van der Waals surface area contributed by atoms with E-state index in [1.807, 2.05) is 12.2 Å². The number of aliphatic carboxylic acids is 1. The first-order valence-corrected chi connectivity index (χ1v) is 4.70. The number of unbranched alkanes of at least 4 members (excludes halogenated alkanes) is 1. The van der Waals surface area contributed by atoms with Crippen LogP contribution >= 0.6 is 0 Å². The van der Waals surface area contributed by atoms with Gasteiger partial charge in [-0.1, -0.05) is 13.3 Å². The van der Waals surface area contributed by atoms with E-state index in [2.05, 4.69) is 0 Å². The van der Waals surface area contributed by atoms with E-state index >= 15 is 0 Å². The molecule has 0 radical (unpaired) electrons. The second kappa shape index (κ2) is 6.94. The van der Waals surface area contributed by atoms with Gasteiger partial charge < -0.3 is 15.5 Å². The van der Waals surface area contributed by atoms with Crippen LogP contribution in [0.15, 0.2) is 0 Å². The number of carbonyl (C=O) groups excluding carboxylic acids is 2. The average molecular weight is 217 g/mol. The van der Waals surface area contributed by atoms with Gasteiger partial charge in [0.15, 0.2) is 6.04 Å². The molecule has 0 aromatic carbocycles. The van der Waals surface area contributed by atoms with Crippen molar-refractivity contribution in [2.24, 2.45) is 0 Å². The molecule has 6 heteroatoms. The molecule has 0 saturated heterocycles. The van der Waals surface area contributed by atoms with Gasteiger partial charge in [-0.3, -0.25) is 9.59 Å². The summed E-state index contributed by atoms with van der Waals surface area (Å²) in [5.41, 5.74) is 0. The summed E-state index contributed by atoms with van der Waals surface area (Å²) < 4.78 is 0. The number of carboxylic acids is 1. The number of hydrogen-bond donors (Lipinski definition) is 3. The molecule has 3 N–H and O–H groups in total. The quantitative estimate of drug-likeness (QED) is 0.489. The zero-order valence-corrected chi connectivity index (χ0v) is 8.52. The van der Waals surface area contributed by atoms with Gasteiger partial charge >= 0.3 is 5.97 Å². The van der Waals surface area contributed by atoms with E-state index in [-0.39, 0.29) is 6.42 Å². The summed E-state index contributed by atoms with van der Waals surface area (Å²) in [6.45, 7) is 1.14. The number of aliphatic hydroxyl groups is 1. The van der Waals surface area contributed by atoms with Gasteiger partial charge in [0.2, 0.25) is 5.78 Å². The van der Waals surface area contributed by atoms with Gasteiger partial charge in [-0.2, -0.15) is 0 Å². The minimum atomic E-state index is -1.41. The normalized spacial score (nSPS) is 11.9. The Morgan fingerprint density at radius 2 is 1.93 bits per heavy atom. The minimum absolute atomic E-state index is 0.0973. The summed E-state index contributed by atoms with van der Waals surface area (Å²) in [6, 6.07) is -1.41. The SMILES string of the molecule is CCCCC(=O)C(=O)NC(CO)C(=O)O. The van der Waals surface area contributed by atoms with Crippen molar-refractivity contribution in [3.63, 3.8) is 0 Å². The Balaban J connectivity index is 4.10. The van der Waals surface area contributed by atoms with Crippen molar-refractivity contribution in [1.29, 1.82) is 0 Å². The van der Waals surface area contributed by atoms with E-state index in [1.54, 1.807) is 0 Å². The number of Topliss-reactive ketones (excluding diaryl/α,β-unsaturated/α-hetero) is 1. The molecule has 0 fully saturated rings. The summed E-state index contributed by atoms with van der Waals surface area (Å²) in [7, 11) is 0. The lowest BCUT2D eigenvalue weighted by molar-refractivity contribution is -0.145. The Morgan fingerprint density at radius 1 is 1.33 bits per heavy atom. The molecule has 0 aromatic heterocycles. The van der Waals surface area contributed by atoms with E-state index in [0.29, 0.717) is 6.42 Å². The topological polar surface area (TPSA) is 104 Å². The summed E-state index contributed by atoms with van der Waals surface area (Å²) in [6.07, 6.45) is 1.46. The van der Waals surface area contributed by atoms with Crippen LogP contribution in [0.2, 0.25) is 0 Å². The third kappa shape index (κ3) is 5.11. The lowest BCUT2D eigenvalue weighted by Crippen LogP contribution is -2.46. The summed E-state index contributed by atoms with van der Waals surface area (Å²) in [5.74, 6) is -2.98. The largest absolute Gasteiger partial charge is 0.480 e. The highest BCUT2D eigenvalue weighted by atomic mass is 16.4. The second-order valence-corrected chi connectivity index (χ2v) is 3.07. The highest BCUT2D eigenvalue weighted by Gasteiger charge is 2.22. The van der Waals surface area contributed by atoms with Crippen LogP contribution in [0.5, 0.6) is 0 Å². The van der Waals surface area contributed by atoms with Crippen molar-refractivity contribution >= 4 is 17.7 Å². The first-order valence-electron chi connectivity index (χ1n) is 4.70. The smallest absolute Gasteiger partial charge is 0.328 e. The molecule has 0 rings (SSSR count). The number of carbonyl (C=O) groups is 3. The maximum atomic E-state index is 11.1.